The molecular formula is C50H61N3O17. The molecule has 3 unspecified atom stereocenters. The van der Waals surface area contributed by atoms with Gasteiger partial charge in [-0.1, -0.05) is 42.2 Å². The molecule has 5 atom stereocenters. The summed E-state index contributed by atoms with van der Waals surface area (Å²) in [6.07, 6.45) is -6.37. The van der Waals surface area contributed by atoms with Gasteiger partial charge in [0, 0.05) is 55.6 Å². The zero-order valence-electron chi connectivity index (χ0n) is 39.5. The zero-order chi connectivity index (χ0) is 50.3. The van der Waals surface area contributed by atoms with Crippen molar-refractivity contribution in [2.75, 3.05) is 76.7 Å². The smallest absolute Gasteiger partial charge is 0.338 e. The normalized spacial score (nSPS) is 18.1. The third-order valence-electron chi connectivity index (χ3n) is 10.7. The number of anilines is 2. The molecule has 20 heteroatoms. The number of amides is 3. The molecule has 0 bridgehead atoms. The lowest BCUT2D eigenvalue weighted by atomic mass is 9.98. The number of fused-ring (bicyclic) bond motifs is 2. The number of benzene rings is 3. The number of aliphatic hydroxyl groups excluding tert-OH is 2. The van der Waals surface area contributed by atoms with Crippen LogP contribution in [-0.4, -0.2) is 143 Å². The molecule has 20 nitrogen and oxygen atoms in total. The van der Waals surface area contributed by atoms with Gasteiger partial charge in [0.15, 0.2) is 12.2 Å². The van der Waals surface area contributed by atoms with Gasteiger partial charge in [-0.25, -0.2) is 4.79 Å². The summed E-state index contributed by atoms with van der Waals surface area (Å²) in [6, 6.07) is 19.8. The van der Waals surface area contributed by atoms with E-state index in [2.05, 4.69) is 22.5 Å². The van der Waals surface area contributed by atoms with Crippen molar-refractivity contribution in [3.05, 3.63) is 89.0 Å². The molecular weight excluding hydrogens is 915 g/mol. The summed E-state index contributed by atoms with van der Waals surface area (Å²) < 4.78 is 48.7. The number of carbonyl (C=O) groups is 6. The van der Waals surface area contributed by atoms with Gasteiger partial charge >= 0.3 is 17.9 Å². The van der Waals surface area contributed by atoms with E-state index >= 15 is 0 Å². The van der Waals surface area contributed by atoms with Crippen LogP contribution in [0.25, 0.3) is 0 Å². The molecule has 5 rings (SSSR count). The Morgan fingerprint density at radius 3 is 2.03 bits per heavy atom. The Balaban J connectivity index is 0.872. The maximum absolute atomic E-state index is 13.4. The first-order chi connectivity index (χ1) is 33.9. The van der Waals surface area contributed by atoms with E-state index in [9.17, 15) is 39.0 Å². The first kappa shape index (κ1) is 54.5. The second kappa shape index (κ2) is 28.9. The minimum absolute atomic E-state index is 0.00846. The number of ether oxygens (including phenoxy) is 9. The van der Waals surface area contributed by atoms with Gasteiger partial charge in [-0.05, 0) is 54.8 Å². The van der Waals surface area contributed by atoms with Crippen molar-refractivity contribution in [3.8, 4) is 17.6 Å². The summed E-state index contributed by atoms with van der Waals surface area (Å²) >= 11 is 0. The molecule has 0 radical (unpaired) electrons. The third kappa shape index (κ3) is 17.2. The zero-order valence-corrected chi connectivity index (χ0v) is 39.5. The number of unbranched alkanes of at least 4 members (excludes halogenated alkanes) is 1. The Bertz CT molecular complexity index is 2300. The van der Waals surface area contributed by atoms with E-state index in [0.29, 0.717) is 77.5 Å². The molecule has 0 aliphatic carbocycles. The second-order valence-electron chi connectivity index (χ2n) is 15.9. The first-order valence-electron chi connectivity index (χ1n) is 22.9. The maximum Gasteiger partial charge on any atom is 0.338 e. The van der Waals surface area contributed by atoms with Crippen LogP contribution in [0.3, 0.4) is 0 Å². The number of para-hydroxylation sites is 1. The van der Waals surface area contributed by atoms with E-state index in [4.69, 9.17) is 42.6 Å². The van der Waals surface area contributed by atoms with Crippen molar-refractivity contribution in [2.24, 2.45) is 0 Å². The van der Waals surface area contributed by atoms with Crippen LogP contribution in [0.4, 0.5) is 11.4 Å². The number of hydrogen-bond donors (Lipinski definition) is 4. The Labute approximate surface area is 406 Å². The summed E-state index contributed by atoms with van der Waals surface area (Å²) in [7, 11) is 1.06. The second-order valence-corrected chi connectivity index (χ2v) is 15.9. The Hall–Kier alpha value is -6.44. The highest BCUT2D eigenvalue weighted by Gasteiger charge is 2.53. The van der Waals surface area contributed by atoms with Crippen molar-refractivity contribution >= 4 is 47.0 Å². The predicted molar refractivity (Wildman–Crippen MR) is 249 cm³/mol. The number of hydrogen-bond acceptors (Lipinski definition) is 17. The predicted octanol–water partition coefficient (Wildman–Crippen LogP) is 2.70. The van der Waals surface area contributed by atoms with Gasteiger partial charge in [-0.2, -0.15) is 0 Å². The van der Waals surface area contributed by atoms with Crippen LogP contribution >= 0.6 is 0 Å². The van der Waals surface area contributed by atoms with Crippen LogP contribution in [0.15, 0.2) is 66.7 Å². The Kier molecular flexibility index (Phi) is 22.5. The molecule has 70 heavy (non-hydrogen) atoms. The molecule has 2 heterocycles. The molecule has 3 aromatic carbocycles. The molecule has 0 saturated carbocycles. The highest BCUT2D eigenvalue weighted by molar-refractivity contribution is 5.95. The number of carbonyl (C=O) groups excluding carboxylic acids is 6. The monoisotopic (exact) mass is 975 g/mol. The Morgan fingerprint density at radius 2 is 1.34 bits per heavy atom. The van der Waals surface area contributed by atoms with Crippen molar-refractivity contribution in [1.29, 1.82) is 0 Å². The summed E-state index contributed by atoms with van der Waals surface area (Å²) in [6.45, 7) is 4.66. The van der Waals surface area contributed by atoms with Gasteiger partial charge in [-0.15, -0.1) is 0 Å². The van der Waals surface area contributed by atoms with Gasteiger partial charge in [0.25, 0.3) is 0 Å². The Morgan fingerprint density at radius 1 is 0.729 bits per heavy atom. The summed E-state index contributed by atoms with van der Waals surface area (Å²) in [5.74, 6) is 3.27. The van der Waals surface area contributed by atoms with Crippen molar-refractivity contribution < 1.29 is 81.6 Å². The maximum atomic E-state index is 13.4. The van der Waals surface area contributed by atoms with E-state index in [1.165, 1.54) is 18.2 Å². The molecule has 1 saturated heterocycles. The molecule has 2 aliphatic rings. The average Bonchev–Trinajstić information content (AvgIpc) is 3.34. The molecule has 378 valence electrons. The van der Waals surface area contributed by atoms with Gasteiger partial charge < -0.3 is 68.4 Å². The van der Waals surface area contributed by atoms with Crippen LogP contribution in [0.1, 0.15) is 68.2 Å². The van der Waals surface area contributed by atoms with E-state index in [1.807, 2.05) is 48.5 Å². The lowest BCUT2D eigenvalue weighted by Crippen LogP contribution is -2.63. The number of nitrogens with one attached hydrogen (secondary N) is 2. The highest BCUT2D eigenvalue weighted by atomic mass is 16.7. The highest BCUT2D eigenvalue weighted by Crippen LogP contribution is 2.32. The molecule has 4 N–H and O–H groups in total. The molecule has 0 aromatic heterocycles. The van der Waals surface area contributed by atoms with Crippen molar-refractivity contribution in [3.63, 3.8) is 0 Å². The van der Waals surface area contributed by atoms with Gasteiger partial charge in [0.2, 0.25) is 30.1 Å². The minimum Gasteiger partial charge on any atom is -0.467 e. The number of methoxy groups -OCH3 is 1. The fraction of sp³-hybridized carbons (Fsp3) is 0.480. The van der Waals surface area contributed by atoms with E-state index in [-0.39, 0.29) is 55.3 Å². The number of nitrogens with zero attached hydrogens (tertiary/aromatic N) is 1. The number of esters is 3. The largest absolute Gasteiger partial charge is 0.467 e. The van der Waals surface area contributed by atoms with Crippen molar-refractivity contribution in [1.82, 2.24) is 5.32 Å². The third-order valence-corrected chi connectivity index (χ3v) is 10.7. The molecule has 1 fully saturated rings. The summed E-state index contributed by atoms with van der Waals surface area (Å²) in [4.78, 5) is 76.3. The summed E-state index contributed by atoms with van der Waals surface area (Å²) in [5.41, 5.74) is 3.98. The molecule has 3 amide bonds. The van der Waals surface area contributed by atoms with Crippen LogP contribution in [0, 0.1) is 11.8 Å². The first-order valence-corrected chi connectivity index (χ1v) is 22.9. The van der Waals surface area contributed by atoms with E-state index in [1.54, 1.807) is 4.90 Å². The van der Waals surface area contributed by atoms with Crippen LogP contribution in [0.2, 0.25) is 0 Å². The molecule has 2 aliphatic heterocycles. The quantitative estimate of drug-likeness (QED) is 0.0371. The van der Waals surface area contributed by atoms with Crippen LogP contribution < -0.4 is 20.3 Å². The summed E-state index contributed by atoms with van der Waals surface area (Å²) in [5, 5.41) is 26.4. The topological polar surface area (TPSA) is 253 Å². The van der Waals surface area contributed by atoms with Crippen molar-refractivity contribution in [2.45, 2.75) is 89.8 Å². The fourth-order valence-electron chi connectivity index (χ4n) is 7.30. The molecule has 3 aromatic rings. The van der Waals surface area contributed by atoms with E-state index in [0.717, 1.165) is 43.3 Å². The fourth-order valence-corrected chi connectivity index (χ4v) is 7.30. The SMILES string of the molecule is COC(=O)C1O[C@@H](Oc2ccc(NC(=O)CCOCCOCCOCCOCCNC(=O)CCCCC(=O)N3Cc4ccccc4C#Cc4ccccc43)cc2CO)C(OC(C)=O)C(OC(C)=O)[C@@H]1O. The number of aliphatic hydroxyl groups is 2. The average molecular weight is 976 g/mol. The van der Waals surface area contributed by atoms with E-state index < -0.39 is 55.2 Å². The molecule has 0 spiro atoms. The minimum atomic E-state index is -1.78. The van der Waals surface area contributed by atoms with Gasteiger partial charge in [0.05, 0.1) is 85.2 Å². The standard InChI is InChI=1S/C50H61N3O17/c1-33(55)67-46-45(60)47(49(61)62-3)70-50(48(46)68-34(2)56)69-41-19-18-39(30-38(41)32-54)52-43(58)20-22-63-24-26-65-28-29-66-27-25-64-23-21-51-42(57)14-8-9-15-44(59)53-31-37-12-5-4-10-35(37)16-17-36-11-6-7-13-40(36)53/h4-7,10-13,18-19,30,45-48,50,54,60H,8-9,14-15,20-29,31-32H2,1-3H3,(H,51,57)(H,52,58)/t45-,46?,47?,48?,50+/m0/s1. The number of rotatable bonds is 27. The van der Waals surface area contributed by atoms with Gasteiger partial charge in [0.1, 0.15) is 11.9 Å². The van der Waals surface area contributed by atoms with Crippen LogP contribution in [-0.2, 0) is 79.8 Å². The lowest BCUT2D eigenvalue weighted by molar-refractivity contribution is -0.279. The van der Waals surface area contributed by atoms with Gasteiger partial charge in [-0.3, -0.25) is 24.0 Å². The van der Waals surface area contributed by atoms with Crippen LogP contribution in [0.5, 0.6) is 5.75 Å². The lowest BCUT2D eigenvalue weighted by Gasteiger charge is -2.42.